The predicted molar refractivity (Wildman–Crippen MR) is 141 cm³/mol. The summed E-state index contributed by atoms with van der Waals surface area (Å²) in [5.74, 6) is -0.141. The zero-order chi connectivity index (χ0) is 23.5. The molecule has 0 bridgehead atoms. The molecule has 1 amide bonds. The first-order chi connectivity index (χ1) is 16.6. The van der Waals surface area contributed by atoms with Crippen LogP contribution in [0.5, 0.6) is 0 Å². The lowest BCUT2D eigenvalue weighted by Crippen LogP contribution is -2.51. The summed E-state index contributed by atoms with van der Waals surface area (Å²) in [5.41, 5.74) is 3.48. The molecule has 0 unspecified atom stereocenters. The van der Waals surface area contributed by atoms with Gasteiger partial charge in [0, 0.05) is 78.7 Å². The van der Waals surface area contributed by atoms with Crippen LogP contribution < -0.4 is 10.2 Å². The standard InChI is InChI=1S/C26H28BrClN4O2/c27-24-17-21(29-26(33)19-7-10-32(18-19)22-4-1-20(28)2-5-22)3-6-25(24)31-13-11-30(12-14-31)23-8-15-34-16-9-23/h1-7,10,17-18,23H,8-9,11-16H2,(H,29,33). The highest BCUT2D eigenvalue weighted by atomic mass is 79.9. The minimum Gasteiger partial charge on any atom is -0.381 e. The predicted octanol–water partition coefficient (Wildman–Crippen LogP) is 5.45. The van der Waals surface area contributed by atoms with Crippen molar-refractivity contribution in [3.05, 3.63) is 76.0 Å². The van der Waals surface area contributed by atoms with Crippen molar-refractivity contribution < 1.29 is 9.53 Å². The van der Waals surface area contributed by atoms with Gasteiger partial charge in [0.25, 0.3) is 5.91 Å². The van der Waals surface area contributed by atoms with Gasteiger partial charge in [-0.2, -0.15) is 0 Å². The molecule has 6 nitrogen and oxygen atoms in total. The first-order valence-corrected chi connectivity index (χ1v) is 12.9. The van der Waals surface area contributed by atoms with E-state index in [-0.39, 0.29) is 5.91 Å². The van der Waals surface area contributed by atoms with Gasteiger partial charge in [-0.25, -0.2) is 0 Å². The first-order valence-electron chi connectivity index (χ1n) is 11.7. The highest BCUT2D eigenvalue weighted by Crippen LogP contribution is 2.31. The lowest BCUT2D eigenvalue weighted by atomic mass is 10.1. The summed E-state index contributed by atoms with van der Waals surface area (Å²) in [7, 11) is 0. The fourth-order valence-electron chi connectivity index (χ4n) is 4.73. The Balaban J connectivity index is 1.20. The van der Waals surface area contributed by atoms with Crippen molar-refractivity contribution in [2.75, 3.05) is 49.6 Å². The minimum atomic E-state index is -0.141. The SMILES string of the molecule is O=C(Nc1ccc(N2CCN(C3CCOCC3)CC2)c(Br)c1)c1ccn(-c2ccc(Cl)cc2)c1. The largest absolute Gasteiger partial charge is 0.381 e. The van der Waals surface area contributed by atoms with Crippen molar-refractivity contribution in [3.8, 4) is 5.69 Å². The van der Waals surface area contributed by atoms with E-state index in [0.29, 0.717) is 16.6 Å². The average molecular weight is 544 g/mol. The molecule has 0 aliphatic carbocycles. The number of halogens is 2. The van der Waals surface area contributed by atoms with E-state index in [1.165, 1.54) is 5.69 Å². The van der Waals surface area contributed by atoms with Crippen LogP contribution in [0.4, 0.5) is 11.4 Å². The van der Waals surface area contributed by atoms with E-state index in [1.807, 2.05) is 59.4 Å². The van der Waals surface area contributed by atoms with Crippen LogP contribution >= 0.6 is 27.5 Å². The van der Waals surface area contributed by atoms with Gasteiger partial charge in [0.15, 0.2) is 0 Å². The summed E-state index contributed by atoms with van der Waals surface area (Å²) in [6.07, 6.45) is 5.97. The Kier molecular flexibility index (Phi) is 7.25. The second-order valence-electron chi connectivity index (χ2n) is 8.77. The van der Waals surface area contributed by atoms with Gasteiger partial charge in [0.1, 0.15) is 0 Å². The van der Waals surface area contributed by atoms with Crippen LogP contribution in [0.15, 0.2) is 65.4 Å². The van der Waals surface area contributed by atoms with Crippen molar-refractivity contribution in [3.63, 3.8) is 0 Å². The Hall–Kier alpha value is -2.32. The zero-order valence-corrected chi connectivity index (χ0v) is 21.3. The summed E-state index contributed by atoms with van der Waals surface area (Å²) >= 11 is 9.69. The molecule has 0 spiro atoms. The molecule has 1 N–H and O–H groups in total. The maximum absolute atomic E-state index is 12.8. The molecule has 3 heterocycles. The van der Waals surface area contributed by atoms with Gasteiger partial charge in [-0.1, -0.05) is 11.6 Å². The topological polar surface area (TPSA) is 49.7 Å². The molecule has 2 fully saturated rings. The van der Waals surface area contributed by atoms with Crippen LogP contribution in [0, 0.1) is 0 Å². The average Bonchev–Trinajstić information content (AvgIpc) is 3.36. The number of hydrogen-bond acceptors (Lipinski definition) is 4. The van der Waals surface area contributed by atoms with Gasteiger partial charge < -0.3 is 19.5 Å². The van der Waals surface area contributed by atoms with Gasteiger partial charge in [0.2, 0.25) is 0 Å². The molecule has 0 radical (unpaired) electrons. The second-order valence-corrected chi connectivity index (χ2v) is 10.1. The first kappa shape index (κ1) is 23.4. The van der Waals surface area contributed by atoms with Crippen LogP contribution in [0.25, 0.3) is 5.69 Å². The molecule has 1 aromatic heterocycles. The molecule has 34 heavy (non-hydrogen) atoms. The number of aromatic nitrogens is 1. The quantitative estimate of drug-likeness (QED) is 0.465. The number of piperazine rings is 1. The molecular weight excluding hydrogens is 516 g/mol. The van der Waals surface area contributed by atoms with Crippen LogP contribution in [0.1, 0.15) is 23.2 Å². The van der Waals surface area contributed by atoms with Crippen molar-refractivity contribution >= 4 is 44.8 Å². The van der Waals surface area contributed by atoms with E-state index in [9.17, 15) is 4.79 Å². The minimum absolute atomic E-state index is 0.141. The van der Waals surface area contributed by atoms with Gasteiger partial charge in [-0.05, 0) is 77.3 Å². The fraction of sp³-hybridized carbons (Fsp3) is 0.346. The lowest BCUT2D eigenvalue weighted by molar-refractivity contribution is 0.0321. The van der Waals surface area contributed by atoms with Crippen molar-refractivity contribution in [1.29, 1.82) is 0 Å². The van der Waals surface area contributed by atoms with Crippen molar-refractivity contribution in [2.45, 2.75) is 18.9 Å². The maximum Gasteiger partial charge on any atom is 0.257 e. The number of benzene rings is 2. The summed E-state index contributed by atoms with van der Waals surface area (Å²) in [5, 5.41) is 3.70. The van der Waals surface area contributed by atoms with E-state index in [1.54, 1.807) is 0 Å². The molecular formula is C26H28BrClN4O2. The smallest absolute Gasteiger partial charge is 0.257 e. The lowest BCUT2D eigenvalue weighted by Gasteiger charge is -2.41. The number of amides is 1. The Morgan fingerprint density at radius 1 is 1.00 bits per heavy atom. The number of anilines is 2. The van der Waals surface area contributed by atoms with Crippen LogP contribution in [-0.2, 0) is 4.74 Å². The van der Waals surface area contributed by atoms with E-state index >= 15 is 0 Å². The van der Waals surface area contributed by atoms with E-state index in [4.69, 9.17) is 16.3 Å². The molecule has 2 aliphatic heterocycles. The summed E-state index contributed by atoms with van der Waals surface area (Å²) in [6.45, 7) is 5.91. The number of ether oxygens (including phenoxy) is 1. The van der Waals surface area contributed by atoms with Crippen LogP contribution in [0.3, 0.4) is 0 Å². The number of nitrogens with one attached hydrogen (secondary N) is 1. The molecule has 0 saturated carbocycles. The van der Waals surface area contributed by atoms with E-state index < -0.39 is 0 Å². The Bertz CT molecular complexity index is 1140. The molecule has 8 heteroatoms. The number of carbonyl (C=O) groups is 1. The highest BCUT2D eigenvalue weighted by molar-refractivity contribution is 9.10. The normalized spacial score (nSPS) is 17.6. The van der Waals surface area contributed by atoms with Crippen molar-refractivity contribution in [2.24, 2.45) is 0 Å². The highest BCUT2D eigenvalue weighted by Gasteiger charge is 2.26. The third kappa shape index (κ3) is 5.33. The molecule has 2 saturated heterocycles. The molecule has 2 aromatic carbocycles. The number of nitrogens with zero attached hydrogens (tertiary/aromatic N) is 3. The third-order valence-electron chi connectivity index (χ3n) is 6.65. The molecule has 3 aromatic rings. The number of carbonyl (C=O) groups excluding carboxylic acids is 1. The summed E-state index contributed by atoms with van der Waals surface area (Å²) in [6, 6.07) is 16.0. The molecule has 2 aliphatic rings. The van der Waals surface area contributed by atoms with Crippen LogP contribution in [0.2, 0.25) is 5.02 Å². The fourth-order valence-corrected chi connectivity index (χ4v) is 5.48. The van der Waals surface area contributed by atoms with Gasteiger partial charge in [-0.15, -0.1) is 0 Å². The third-order valence-corrected chi connectivity index (χ3v) is 7.53. The molecule has 5 rings (SSSR count). The Morgan fingerprint density at radius 2 is 1.74 bits per heavy atom. The van der Waals surface area contributed by atoms with E-state index in [0.717, 1.165) is 68.1 Å². The van der Waals surface area contributed by atoms with Gasteiger partial charge in [0.05, 0.1) is 11.3 Å². The van der Waals surface area contributed by atoms with Crippen molar-refractivity contribution in [1.82, 2.24) is 9.47 Å². The summed E-state index contributed by atoms with van der Waals surface area (Å²) in [4.78, 5) is 17.8. The van der Waals surface area contributed by atoms with Crippen LogP contribution in [-0.4, -0.2) is 60.8 Å². The Labute approximate surface area is 213 Å². The molecule has 178 valence electrons. The Morgan fingerprint density at radius 3 is 2.44 bits per heavy atom. The van der Waals surface area contributed by atoms with Gasteiger partial charge in [-0.3, -0.25) is 9.69 Å². The number of rotatable bonds is 5. The summed E-state index contributed by atoms with van der Waals surface area (Å²) < 4.78 is 8.41. The number of hydrogen-bond donors (Lipinski definition) is 1. The van der Waals surface area contributed by atoms with E-state index in [2.05, 4.69) is 37.1 Å². The van der Waals surface area contributed by atoms with Gasteiger partial charge >= 0.3 is 0 Å². The maximum atomic E-state index is 12.8. The second kappa shape index (κ2) is 10.5. The monoisotopic (exact) mass is 542 g/mol. The zero-order valence-electron chi connectivity index (χ0n) is 18.9. The molecule has 0 atom stereocenters.